The van der Waals surface area contributed by atoms with Crippen LogP contribution in [0, 0.1) is 5.82 Å². The highest BCUT2D eigenvalue weighted by Crippen LogP contribution is 2.41. The number of nitrogens with zero attached hydrogens (tertiary/aromatic N) is 3. The average Bonchev–Trinajstić information content (AvgIpc) is 3.54. The maximum Gasteiger partial charge on any atom is 0.220 e. The number of nitrogens with one attached hydrogen (secondary N) is 4. The lowest BCUT2D eigenvalue weighted by Crippen LogP contribution is -2.44. The number of hydrogen-bond donors (Lipinski definition) is 4. The second-order valence-corrected chi connectivity index (χ2v) is 13.3. The van der Waals surface area contributed by atoms with Crippen LogP contribution in [0.3, 0.4) is 0 Å². The summed E-state index contributed by atoms with van der Waals surface area (Å²) in [5, 5.41) is 13.6. The molecule has 2 aromatic carbocycles. The predicted molar refractivity (Wildman–Crippen MR) is 194 cm³/mol. The van der Waals surface area contributed by atoms with Crippen molar-refractivity contribution in [2.24, 2.45) is 0 Å². The zero-order chi connectivity index (χ0) is 35.2. The van der Waals surface area contributed by atoms with Crippen molar-refractivity contribution < 1.29 is 18.7 Å². The lowest BCUT2D eigenvalue weighted by Gasteiger charge is -2.31. The van der Waals surface area contributed by atoms with Gasteiger partial charge in [0.15, 0.2) is 5.82 Å². The van der Waals surface area contributed by atoms with Gasteiger partial charge in [0.25, 0.3) is 0 Å². The first-order valence-corrected chi connectivity index (χ1v) is 17.5. The number of carbonyl (C=O) groups is 2. The standard InChI is InChI=1S/C37H40Cl2FN7O3/c1-22(48)47-17-14-25(15-18-47)43-20-23-5-3-8-31(35(23)40)45-30-13-16-42-36(34(30)39)28-7-4-6-27(33(28)38)29-11-9-24(37(46-29)50-2)19-41-21-26-10-12-32(49)44-26/h3-9,11,13,16,25-26,41,43H,10,12,14-15,17-21H2,1-2H3,(H,42,45)(H,44,49)/t26-/m0/s1. The Labute approximate surface area is 301 Å². The Kier molecular flexibility index (Phi) is 11.5. The van der Waals surface area contributed by atoms with E-state index in [1.165, 1.54) is 0 Å². The summed E-state index contributed by atoms with van der Waals surface area (Å²) in [6.07, 6.45) is 4.63. The minimum absolute atomic E-state index is 0.0852. The molecule has 2 amide bonds. The average molecular weight is 721 g/mol. The van der Waals surface area contributed by atoms with Gasteiger partial charge < -0.3 is 30.9 Å². The van der Waals surface area contributed by atoms with E-state index < -0.39 is 0 Å². The second kappa shape index (κ2) is 16.2. The van der Waals surface area contributed by atoms with E-state index >= 15 is 4.39 Å². The van der Waals surface area contributed by atoms with Gasteiger partial charge in [-0.3, -0.25) is 14.6 Å². The van der Waals surface area contributed by atoms with Crippen molar-refractivity contribution in [1.82, 2.24) is 30.8 Å². The lowest BCUT2D eigenvalue weighted by atomic mass is 10.0. The molecular formula is C37H40Cl2FN7O3. The molecule has 50 heavy (non-hydrogen) atoms. The highest BCUT2D eigenvalue weighted by Gasteiger charge is 2.23. The molecule has 2 aromatic heterocycles. The molecule has 4 N–H and O–H groups in total. The summed E-state index contributed by atoms with van der Waals surface area (Å²) in [4.78, 5) is 34.3. The molecular weight excluding hydrogens is 680 g/mol. The maximum atomic E-state index is 15.7. The van der Waals surface area contributed by atoms with Gasteiger partial charge in [-0.25, -0.2) is 9.37 Å². The third-order valence-corrected chi connectivity index (χ3v) is 10.0. The van der Waals surface area contributed by atoms with Crippen LogP contribution in [0.4, 0.5) is 15.8 Å². The number of likely N-dealkylation sites (tertiary alicyclic amines) is 1. The fraction of sp³-hybridized carbons (Fsp3) is 0.351. The van der Waals surface area contributed by atoms with E-state index in [1.54, 1.807) is 44.5 Å². The van der Waals surface area contributed by atoms with Crippen LogP contribution in [0.1, 0.15) is 43.7 Å². The first-order valence-electron chi connectivity index (χ1n) is 16.7. The number of ether oxygens (including phenoxy) is 1. The highest BCUT2D eigenvalue weighted by atomic mass is 35.5. The van der Waals surface area contributed by atoms with Crippen molar-refractivity contribution in [3.63, 3.8) is 0 Å². The Balaban J connectivity index is 1.16. The van der Waals surface area contributed by atoms with Crippen molar-refractivity contribution >= 4 is 46.4 Å². The molecule has 2 aliphatic heterocycles. The van der Waals surface area contributed by atoms with Gasteiger partial charge in [-0.15, -0.1) is 0 Å². The number of benzene rings is 2. The monoisotopic (exact) mass is 719 g/mol. The third-order valence-electron chi connectivity index (χ3n) is 9.21. The Morgan fingerprint density at radius 2 is 1.76 bits per heavy atom. The molecule has 4 aromatic rings. The van der Waals surface area contributed by atoms with E-state index in [0.717, 1.165) is 24.8 Å². The maximum absolute atomic E-state index is 15.7. The summed E-state index contributed by atoms with van der Waals surface area (Å²) in [6, 6.07) is 16.6. The molecule has 0 spiro atoms. The zero-order valence-corrected chi connectivity index (χ0v) is 29.5. The topological polar surface area (TPSA) is 121 Å². The molecule has 0 aliphatic carbocycles. The highest BCUT2D eigenvalue weighted by molar-refractivity contribution is 6.39. The fourth-order valence-electron chi connectivity index (χ4n) is 6.39. The molecule has 4 heterocycles. The number of rotatable bonds is 12. The van der Waals surface area contributed by atoms with E-state index in [4.69, 9.17) is 32.9 Å². The van der Waals surface area contributed by atoms with E-state index in [-0.39, 0.29) is 40.4 Å². The van der Waals surface area contributed by atoms with E-state index in [2.05, 4.69) is 26.3 Å². The van der Waals surface area contributed by atoms with Gasteiger partial charge in [0, 0.05) is 86.6 Å². The summed E-state index contributed by atoms with van der Waals surface area (Å²) >= 11 is 13.9. The van der Waals surface area contributed by atoms with Crippen LogP contribution in [-0.2, 0) is 22.7 Å². The lowest BCUT2D eigenvalue weighted by molar-refractivity contribution is -0.130. The molecule has 262 valence electrons. The van der Waals surface area contributed by atoms with Crippen LogP contribution in [0.15, 0.2) is 60.8 Å². The summed E-state index contributed by atoms with van der Waals surface area (Å²) in [7, 11) is 1.57. The molecule has 13 heteroatoms. The number of hydrogen-bond acceptors (Lipinski definition) is 8. The Hall–Kier alpha value is -4.29. The third kappa shape index (κ3) is 8.18. The molecule has 0 bridgehead atoms. The first kappa shape index (κ1) is 35.5. The number of methoxy groups -OCH3 is 1. The Morgan fingerprint density at radius 1 is 0.980 bits per heavy atom. The quantitative estimate of drug-likeness (QED) is 0.131. The molecule has 0 unspecified atom stereocenters. The molecule has 1 atom stereocenters. The predicted octanol–water partition coefficient (Wildman–Crippen LogP) is 6.48. The Bertz CT molecular complexity index is 1870. The summed E-state index contributed by atoms with van der Waals surface area (Å²) in [5.74, 6) is 0.260. The van der Waals surface area contributed by atoms with E-state index in [1.807, 2.05) is 35.2 Å². The molecule has 10 nitrogen and oxygen atoms in total. The van der Waals surface area contributed by atoms with Gasteiger partial charge in [-0.1, -0.05) is 59.6 Å². The minimum Gasteiger partial charge on any atom is -0.481 e. The molecule has 2 saturated heterocycles. The molecule has 0 saturated carbocycles. The number of piperidine rings is 1. The molecule has 0 radical (unpaired) electrons. The van der Waals surface area contributed by atoms with Crippen LogP contribution in [-0.4, -0.2) is 65.5 Å². The van der Waals surface area contributed by atoms with Crippen molar-refractivity contribution in [3.8, 4) is 28.4 Å². The van der Waals surface area contributed by atoms with Gasteiger partial charge in [0.05, 0.1) is 39.9 Å². The largest absolute Gasteiger partial charge is 0.481 e. The van der Waals surface area contributed by atoms with Gasteiger partial charge >= 0.3 is 0 Å². The normalized spacial score (nSPS) is 16.4. The molecule has 2 fully saturated rings. The van der Waals surface area contributed by atoms with Crippen LogP contribution in [0.2, 0.25) is 10.0 Å². The summed E-state index contributed by atoms with van der Waals surface area (Å²) in [6.45, 7) is 4.53. The van der Waals surface area contributed by atoms with Gasteiger partial charge in [-0.05, 0) is 37.5 Å². The number of aromatic nitrogens is 2. The number of halogens is 3. The SMILES string of the molecule is COc1nc(-c2cccc(-c3nccc(Nc4cccc(CNC5CCN(C(C)=O)CC5)c4F)c3Cl)c2Cl)ccc1CNC[C@@H]1CCC(=O)N1. The minimum atomic E-state index is -0.375. The van der Waals surface area contributed by atoms with Crippen LogP contribution < -0.4 is 26.0 Å². The molecule has 6 rings (SSSR count). The van der Waals surface area contributed by atoms with Crippen LogP contribution in [0.25, 0.3) is 22.5 Å². The first-order chi connectivity index (χ1) is 24.2. The second-order valence-electron chi connectivity index (χ2n) is 12.6. The van der Waals surface area contributed by atoms with Crippen molar-refractivity contribution in [1.29, 1.82) is 0 Å². The van der Waals surface area contributed by atoms with Crippen molar-refractivity contribution in [2.45, 2.75) is 57.8 Å². The van der Waals surface area contributed by atoms with Gasteiger partial charge in [0.2, 0.25) is 17.7 Å². The summed E-state index contributed by atoms with van der Waals surface area (Å²) < 4.78 is 21.3. The number of amides is 2. The zero-order valence-electron chi connectivity index (χ0n) is 28.0. The molecule has 2 aliphatic rings. The van der Waals surface area contributed by atoms with Crippen LogP contribution in [0.5, 0.6) is 5.88 Å². The van der Waals surface area contributed by atoms with Gasteiger partial charge in [0.1, 0.15) is 0 Å². The van der Waals surface area contributed by atoms with E-state index in [9.17, 15) is 9.59 Å². The number of anilines is 2. The van der Waals surface area contributed by atoms with Gasteiger partial charge in [-0.2, -0.15) is 0 Å². The number of carbonyl (C=O) groups excluding carboxylic acids is 2. The van der Waals surface area contributed by atoms with Crippen molar-refractivity contribution in [2.75, 3.05) is 32.1 Å². The Morgan fingerprint density at radius 3 is 2.50 bits per heavy atom. The fourth-order valence-corrected chi connectivity index (χ4v) is 6.97. The van der Waals surface area contributed by atoms with E-state index in [0.29, 0.717) is 83.8 Å². The van der Waals surface area contributed by atoms with Crippen LogP contribution >= 0.6 is 23.2 Å². The van der Waals surface area contributed by atoms with Crippen molar-refractivity contribution in [3.05, 3.63) is 87.8 Å². The number of pyridine rings is 2. The summed E-state index contributed by atoms with van der Waals surface area (Å²) in [5.41, 5.74) is 4.48. The smallest absolute Gasteiger partial charge is 0.220 e.